The Balaban J connectivity index is 0.000000403. The first-order valence-corrected chi connectivity index (χ1v) is 6.95. The Morgan fingerprint density at radius 3 is 1.35 bits per heavy atom. The molecule has 0 saturated carbocycles. The molecule has 0 saturated heterocycles. The quantitative estimate of drug-likeness (QED) is 0.475. The van der Waals surface area contributed by atoms with Gasteiger partial charge in [0.2, 0.25) is 0 Å². The van der Waals surface area contributed by atoms with Gasteiger partial charge in [-0.25, -0.2) is 9.59 Å². The van der Waals surface area contributed by atoms with E-state index in [-0.39, 0.29) is 31.4 Å². The summed E-state index contributed by atoms with van der Waals surface area (Å²) in [4.78, 5) is 22.0. The van der Waals surface area contributed by atoms with Gasteiger partial charge in [-0.2, -0.15) is 60.7 Å². The van der Waals surface area contributed by atoms with Crippen LogP contribution in [0.1, 0.15) is 34.6 Å². The van der Waals surface area contributed by atoms with Gasteiger partial charge in [0.05, 0.1) is 13.2 Å². The van der Waals surface area contributed by atoms with Gasteiger partial charge in [0.25, 0.3) is 0 Å². The van der Waals surface area contributed by atoms with Gasteiger partial charge in [-0.15, -0.1) is 0 Å². The van der Waals surface area contributed by atoms with Crippen LogP contribution in [0.5, 0.6) is 0 Å². The van der Waals surface area contributed by atoms with E-state index in [2.05, 4.69) is 12.1 Å². The predicted molar refractivity (Wildman–Crippen MR) is 82.5 cm³/mol. The van der Waals surface area contributed by atoms with E-state index in [1.54, 1.807) is 62.4 Å². The van der Waals surface area contributed by atoms with Crippen LogP contribution < -0.4 is 0 Å². The molecule has 0 bridgehead atoms. The van der Waals surface area contributed by atoms with Gasteiger partial charge in [0, 0.05) is 0 Å². The Labute approximate surface area is 149 Å². The molecule has 0 N–H and O–H groups in total. The van der Waals surface area contributed by atoms with Crippen molar-refractivity contribution in [3.8, 4) is 0 Å². The molecule has 0 unspecified atom stereocenters. The molecule has 0 aromatic heterocycles. The van der Waals surface area contributed by atoms with Crippen molar-refractivity contribution in [1.29, 1.82) is 0 Å². The van der Waals surface area contributed by atoms with Gasteiger partial charge in [0.1, 0.15) is 0 Å². The van der Waals surface area contributed by atoms with Crippen LogP contribution in [0, 0.1) is 12.1 Å². The Hall–Kier alpha value is -2.00. The van der Waals surface area contributed by atoms with Gasteiger partial charge in [0.15, 0.2) is 0 Å². The summed E-state index contributed by atoms with van der Waals surface area (Å²) in [5.74, 6) is -0.553. The average molecular weight is 364 g/mol. The molecule has 0 aliphatic carbocycles. The molecule has 4 nitrogen and oxygen atoms in total. The molecule has 0 amide bonds. The van der Waals surface area contributed by atoms with E-state index in [4.69, 9.17) is 9.47 Å². The van der Waals surface area contributed by atoms with Gasteiger partial charge >= 0.3 is 31.4 Å². The molecule has 0 spiro atoms. The largest absolute Gasteiger partial charge is 2.00 e. The molecule has 0 atom stereocenters. The third kappa shape index (κ3) is 8.27. The number of hydrogen-bond donors (Lipinski definition) is 0. The molecule has 2 aromatic rings. The van der Waals surface area contributed by atoms with Crippen LogP contribution in [0.25, 0.3) is 0 Å². The minimum absolute atomic E-state index is 0. The van der Waals surface area contributed by atoms with Crippen LogP contribution in [0.2, 0.25) is 0 Å². The van der Waals surface area contributed by atoms with Crippen molar-refractivity contribution < 1.29 is 38.5 Å². The molecular weight excluding hydrogens is 346 g/mol. The molecule has 0 aliphatic rings. The maximum absolute atomic E-state index is 11.0. The second-order valence-electron chi connectivity index (χ2n) is 4.02. The van der Waals surface area contributed by atoms with Crippen molar-refractivity contribution in [1.82, 2.24) is 0 Å². The summed E-state index contributed by atoms with van der Waals surface area (Å²) in [7, 11) is 0. The number of ether oxygens (including phenoxy) is 2. The van der Waals surface area contributed by atoms with Gasteiger partial charge < -0.3 is 9.47 Å². The van der Waals surface area contributed by atoms with Crippen LogP contribution in [0.4, 0.5) is 0 Å². The van der Waals surface area contributed by atoms with Crippen molar-refractivity contribution in [3.63, 3.8) is 0 Å². The summed E-state index contributed by atoms with van der Waals surface area (Å²) in [6, 6.07) is 19.1. The number of carbonyl (C=O) groups excluding carboxylic acids is 2. The first-order valence-electron chi connectivity index (χ1n) is 6.95. The van der Waals surface area contributed by atoms with Crippen LogP contribution in [-0.4, -0.2) is 25.2 Å². The summed E-state index contributed by atoms with van der Waals surface area (Å²) >= 11 is 0. The number of benzene rings is 2. The van der Waals surface area contributed by atoms with E-state index in [0.717, 1.165) is 0 Å². The zero-order chi connectivity index (χ0) is 16.2. The second-order valence-corrected chi connectivity index (χ2v) is 4.02. The Morgan fingerprint density at radius 1 is 0.783 bits per heavy atom. The van der Waals surface area contributed by atoms with Crippen molar-refractivity contribution in [3.05, 3.63) is 71.8 Å². The molecule has 116 valence electrons. The van der Waals surface area contributed by atoms with Crippen LogP contribution in [-0.2, 0) is 29.0 Å². The predicted octanol–water partition coefficient (Wildman–Crippen LogP) is 3.32. The van der Waals surface area contributed by atoms with Crippen molar-refractivity contribution in [2.24, 2.45) is 0 Å². The molecule has 0 aliphatic heterocycles. The zero-order valence-electron chi connectivity index (χ0n) is 13.4. The topological polar surface area (TPSA) is 52.6 Å². The molecule has 0 radical (unpaired) electrons. The minimum atomic E-state index is -0.276. The normalized spacial score (nSPS) is 8.78. The average Bonchev–Trinajstić information content (AvgIpc) is 2.57. The van der Waals surface area contributed by atoms with E-state index < -0.39 is 0 Å². The first-order chi connectivity index (χ1) is 10.7. The Bertz CT molecular complexity index is 517. The fourth-order valence-electron chi connectivity index (χ4n) is 1.47. The smallest absolute Gasteiger partial charge is 0.464 e. The van der Waals surface area contributed by atoms with Crippen molar-refractivity contribution in [2.75, 3.05) is 13.2 Å². The maximum Gasteiger partial charge on any atom is 2.00 e. The molecule has 0 fully saturated rings. The number of esters is 2. The van der Waals surface area contributed by atoms with Gasteiger partial charge in [-0.05, 0) is 25.0 Å². The van der Waals surface area contributed by atoms with E-state index in [1.807, 2.05) is 0 Å². The second kappa shape index (κ2) is 12.5. The summed E-state index contributed by atoms with van der Waals surface area (Å²) in [5, 5.41) is 0. The van der Waals surface area contributed by atoms with Crippen LogP contribution in [0.3, 0.4) is 0 Å². The molecule has 0 heterocycles. The fraction of sp³-hybridized carbons (Fsp3) is 0.222. The van der Waals surface area contributed by atoms with Gasteiger partial charge in [-0.3, -0.25) is 0 Å². The third-order valence-corrected chi connectivity index (χ3v) is 2.46. The molecule has 5 heteroatoms. The summed E-state index contributed by atoms with van der Waals surface area (Å²) < 4.78 is 9.55. The summed E-state index contributed by atoms with van der Waals surface area (Å²) in [6.07, 6.45) is 0. The number of carbonyl (C=O) groups is 2. The molecular formula is C18H18O4Zn. The van der Waals surface area contributed by atoms with Crippen molar-refractivity contribution >= 4 is 11.9 Å². The maximum atomic E-state index is 11.0. The standard InChI is InChI=1S/2C9H9O2.Zn/c2*1-2-11-9(10)8-6-4-3-5-7-8;/h2*4-7H,2H2,1H3;/q2*-1;+2. The van der Waals surface area contributed by atoms with E-state index in [0.29, 0.717) is 24.3 Å². The monoisotopic (exact) mass is 362 g/mol. The summed E-state index contributed by atoms with van der Waals surface area (Å²) in [5.41, 5.74) is 1.15. The Morgan fingerprint density at radius 2 is 1.09 bits per heavy atom. The fourth-order valence-corrected chi connectivity index (χ4v) is 1.47. The molecule has 23 heavy (non-hydrogen) atoms. The van der Waals surface area contributed by atoms with Gasteiger partial charge in [-0.1, -0.05) is 0 Å². The third-order valence-electron chi connectivity index (χ3n) is 2.46. The molecule has 2 aromatic carbocycles. The van der Waals surface area contributed by atoms with Crippen molar-refractivity contribution in [2.45, 2.75) is 13.8 Å². The Kier molecular flexibility index (Phi) is 11.4. The zero-order valence-corrected chi connectivity index (χ0v) is 16.3. The van der Waals surface area contributed by atoms with E-state index in [1.165, 1.54) is 0 Å². The minimum Gasteiger partial charge on any atom is -0.464 e. The molecule has 2 rings (SSSR count). The SMILES string of the molecule is CCOC(=O)c1cc[c-]cc1.CCOC(=O)c1cc[c-]cc1.[Zn+2]. The number of hydrogen-bond acceptors (Lipinski definition) is 4. The number of rotatable bonds is 4. The first kappa shape index (κ1) is 21.0. The van der Waals surface area contributed by atoms with Crippen LogP contribution in [0.15, 0.2) is 48.5 Å². The van der Waals surface area contributed by atoms with Crippen LogP contribution >= 0.6 is 0 Å². The van der Waals surface area contributed by atoms with E-state index in [9.17, 15) is 9.59 Å². The van der Waals surface area contributed by atoms with E-state index >= 15 is 0 Å². The summed E-state index contributed by atoms with van der Waals surface area (Å²) in [6.45, 7) is 4.40.